The maximum Gasteiger partial charge on any atom is 0.316 e. The summed E-state index contributed by atoms with van der Waals surface area (Å²) in [5, 5.41) is 9.07. The second-order valence-electron chi connectivity index (χ2n) is 7.31. The van der Waals surface area contributed by atoms with Crippen LogP contribution in [0.4, 0.5) is 4.39 Å². The van der Waals surface area contributed by atoms with Crippen LogP contribution in [0, 0.1) is 17.7 Å². The minimum Gasteiger partial charge on any atom is -0.306 e. The van der Waals surface area contributed by atoms with E-state index in [1.165, 1.54) is 28.4 Å². The summed E-state index contributed by atoms with van der Waals surface area (Å²) in [6.07, 6.45) is 6.60. The Hall–Kier alpha value is -2.61. The maximum atomic E-state index is 13.9. The summed E-state index contributed by atoms with van der Waals surface area (Å²) < 4.78 is 16.8. The number of hydrogen-bond donors (Lipinski definition) is 0. The van der Waals surface area contributed by atoms with Gasteiger partial charge in [-0.2, -0.15) is 0 Å². The molecule has 3 aromatic rings. The molecule has 1 aromatic carbocycles. The van der Waals surface area contributed by atoms with Gasteiger partial charge in [0, 0.05) is 24.0 Å². The quantitative estimate of drug-likeness (QED) is 0.649. The summed E-state index contributed by atoms with van der Waals surface area (Å²) in [6, 6.07) is 6.50. The van der Waals surface area contributed by atoms with Crippen LogP contribution < -0.4 is 11.1 Å². The molecular formula is C19H17FN4O2S. The van der Waals surface area contributed by atoms with Crippen molar-refractivity contribution in [1.82, 2.24) is 19.3 Å². The number of rotatable bonds is 4. The molecule has 2 heterocycles. The summed E-state index contributed by atoms with van der Waals surface area (Å²) in [6.45, 7) is 0.150. The van der Waals surface area contributed by atoms with Crippen molar-refractivity contribution in [3.8, 4) is 10.6 Å². The van der Waals surface area contributed by atoms with Crippen molar-refractivity contribution < 1.29 is 4.39 Å². The van der Waals surface area contributed by atoms with Crippen LogP contribution in [-0.4, -0.2) is 19.3 Å². The number of fused-ring (bicyclic) bond motifs is 1. The van der Waals surface area contributed by atoms with E-state index >= 15 is 0 Å². The molecule has 0 saturated heterocycles. The molecule has 2 aliphatic carbocycles. The third-order valence-corrected chi connectivity index (χ3v) is 6.52. The molecule has 2 aromatic heterocycles. The van der Waals surface area contributed by atoms with Gasteiger partial charge in [-0.25, -0.2) is 4.39 Å². The van der Waals surface area contributed by atoms with Gasteiger partial charge in [-0.05, 0) is 43.2 Å². The fourth-order valence-electron chi connectivity index (χ4n) is 4.05. The average molecular weight is 384 g/mol. The third-order valence-electron chi connectivity index (χ3n) is 5.57. The first-order chi connectivity index (χ1) is 13.1. The predicted octanol–water partition coefficient (Wildman–Crippen LogP) is 2.69. The minimum absolute atomic E-state index is 0.150. The predicted molar refractivity (Wildman–Crippen MR) is 99.2 cm³/mol. The fourth-order valence-corrected chi connectivity index (χ4v) is 4.92. The molecule has 0 aliphatic heterocycles. The summed E-state index contributed by atoms with van der Waals surface area (Å²) in [4.78, 5) is 25.0. The first-order valence-electron chi connectivity index (χ1n) is 8.99. The second kappa shape index (κ2) is 6.23. The highest BCUT2D eigenvalue weighted by Gasteiger charge is 2.46. The molecule has 0 N–H and O–H groups in total. The molecule has 6 nitrogen and oxygen atoms in total. The lowest BCUT2D eigenvalue weighted by molar-refractivity contribution is 0.445. The van der Waals surface area contributed by atoms with Crippen molar-refractivity contribution >= 4 is 11.3 Å². The van der Waals surface area contributed by atoms with Crippen molar-refractivity contribution in [2.24, 2.45) is 11.8 Å². The zero-order valence-electron chi connectivity index (χ0n) is 14.4. The van der Waals surface area contributed by atoms with Crippen molar-refractivity contribution in [2.45, 2.75) is 31.8 Å². The van der Waals surface area contributed by atoms with E-state index in [1.54, 1.807) is 35.2 Å². The van der Waals surface area contributed by atoms with Crippen LogP contribution in [0.25, 0.3) is 10.6 Å². The lowest BCUT2D eigenvalue weighted by Gasteiger charge is -2.15. The molecule has 3 atom stereocenters. The lowest BCUT2D eigenvalue weighted by Crippen LogP contribution is -2.41. The zero-order chi connectivity index (χ0) is 18.5. The molecule has 1 unspecified atom stereocenters. The van der Waals surface area contributed by atoms with Gasteiger partial charge in [-0.15, -0.1) is 10.2 Å². The van der Waals surface area contributed by atoms with E-state index in [0.29, 0.717) is 15.6 Å². The molecule has 0 radical (unpaired) electrons. The Labute approximate surface area is 157 Å². The molecule has 2 fully saturated rings. The van der Waals surface area contributed by atoms with Gasteiger partial charge in [0.15, 0.2) is 5.01 Å². The molecule has 138 valence electrons. The highest BCUT2D eigenvalue weighted by molar-refractivity contribution is 7.14. The minimum atomic E-state index is -0.555. The maximum absolute atomic E-state index is 13.9. The standard InChI is InChI=1S/C19H17FN4O2S/c20-15-4-2-1-3-14(15)17-22-21-16(27-17)10-23-5-6-24(19(26)18(23)25)13-8-11-7-12(11)9-13/h1-6,11-13H,7-10H2/t11-,12+,13?. The molecule has 5 rings (SSSR count). The van der Waals surface area contributed by atoms with Gasteiger partial charge in [0.1, 0.15) is 10.8 Å². The van der Waals surface area contributed by atoms with Crippen LogP contribution in [0.1, 0.15) is 30.3 Å². The van der Waals surface area contributed by atoms with Gasteiger partial charge >= 0.3 is 11.1 Å². The van der Waals surface area contributed by atoms with Crippen molar-refractivity contribution in [1.29, 1.82) is 0 Å². The van der Waals surface area contributed by atoms with Crippen LogP contribution in [-0.2, 0) is 6.54 Å². The second-order valence-corrected chi connectivity index (χ2v) is 8.37. The van der Waals surface area contributed by atoms with Crippen molar-refractivity contribution in [3.05, 3.63) is 68.2 Å². The van der Waals surface area contributed by atoms with Gasteiger partial charge in [-0.3, -0.25) is 9.59 Å². The van der Waals surface area contributed by atoms with Crippen LogP contribution in [0.15, 0.2) is 46.2 Å². The van der Waals surface area contributed by atoms with E-state index in [2.05, 4.69) is 10.2 Å². The monoisotopic (exact) mass is 384 g/mol. The smallest absolute Gasteiger partial charge is 0.306 e. The van der Waals surface area contributed by atoms with Crippen LogP contribution in [0.2, 0.25) is 0 Å². The first kappa shape index (κ1) is 16.6. The zero-order valence-corrected chi connectivity index (χ0v) is 15.2. The van der Waals surface area contributed by atoms with Gasteiger partial charge < -0.3 is 9.13 Å². The number of benzene rings is 1. The average Bonchev–Trinajstić information content (AvgIpc) is 3.05. The Morgan fingerprint density at radius 3 is 2.59 bits per heavy atom. The summed E-state index contributed by atoms with van der Waals surface area (Å²) >= 11 is 1.21. The highest BCUT2D eigenvalue weighted by Crippen LogP contribution is 2.55. The third kappa shape index (κ3) is 2.93. The normalized spacial score (nSPS) is 23.4. The molecular weight excluding hydrogens is 367 g/mol. The molecule has 2 aliphatic rings. The van der Waals surface area contributed by atoms with E-state index in [9.17, 15) is 14.0 Å². The van der Waals surface area contributed by atoms with Crippen molar-refractivity contribution in [3.63, 3.8) is 0 Å². The van der Waals surface area contributed by atoms with E-state index in [4.69, 9.17) is 0 Å². The van der Waals surface area contributed by atoms with Gasteiger partial charge in [0.25, 0.3) is 0 Å². The highest BCUT2D eigenvalue weighted by atomic mass is 32.1. The molecule has 0 spiro atoms. The Balaban J connectivity index is 1.40. The molecule has 27 heavy (non-hydrogen) atoms. The Kier molecular flexibility index (Phi) is 3.82. The number of halogens is 1. The molecule has 0 amide bonds. The van der Waals surface area contributed by atoms with E-state index in [0.717, 1.165) is 24.7 Å². The van der Waals surface area contributed by atoms with Gasteiger partial charge in [0.05, 0.1) is 6.54 Å². The Morgan fingerprint density at radius 1 is 1.04 bits per heavy atom. The summed E-state index contributed by atoms with van der Waals surface area (Å²) in [5.74, 6) is 1.11. The topological polar surface area (TPSA) is 69.8 Å². The largest absolute Gasteiger partial charge is 0.316 e. The summed E-state index contributed by atoms with van der Waals surface area (Å²) in [5.41, 5.74) is -0.660. The van der Waals surface area contributed by atoms with Crippen LogP contribution in [0.3, 0.4) is 0 Å². The molecule has 0 bridgehead atoms. The first-order valence-corrected chi connectivity index (χ1v) is 9.80. The number of aromatic nitrogens is 4. The van der Waals surface area contributed by atoms with E-state index < -0.39 is 11.1 Å². The van der Waals surface area contributed by atoms with Gasteiger partial charge in [0.2, 0.25) is 0 Å². The fraction of sp³-hybridized carbons (Fsp3) is 0.368. The van der Waals surface area contributed by atoms with Gasteiger partial charge in [-0.1, -0.05) is 23.5 Å². The SMILES string of the molecule is O=c1c(=O)n(C2C[C@@H]3C[C@@H]3C2)ccn1Cc1nnc(-c2ccccc2F)s1. The summed E-state index contributed by atoms with van der Waals surface area (Å²) in [7, 11) is 0. The Morgan fingerprint density at radius 2 is 1.81 bits per heavy atom. The molecule has 8 heteroatoms. The van der Waals surface area contributed by atoms with E-state index in [1.807, 2.05) is 0 Å². The van der Waals surface area contributed by atoms with Crippen LogP contribution in [0.5, 0.6) is 0 Å². The number of nitrogens with zero attached hydrogens (tertiary/aromatic N) is 4. The van der Waals surface area contributed by atoms with Crippen LogP contribution >= 0.6 is 11.3 Å². The lowest BCUT2D eigenvalue weighted by atomic mass is 10.1. The Bertz CT molecular complexity index is 1120. The van der Waals surface area contributed by atoms with E-state index in [-0.39, 0.29) is 18.4 Å². The molecule has 2 saturated carbocycles. The number of hydrogen-bond acceptors (Lipinski definition) is 5. The van der Waals surface area contributed by atoms with Crippen molar-refractivity contribution in [2.75, 3.05) is 0 Å².